The number of aryl methyl sites for hydroxylation is 1. The maximum absolute atomic E-state index is 13.7. The molecule has 9 heteroatoms. The van der Waals surface area contributed by atoms with E-state index in [1.54, 1.807) is 0 Å². The van der Waals surface area contributed by atoms with Crippen molar-refractivity contribution in [3.8, 4) is 11.3 Å². The van der Waals surface area contributed by atoms with Gasteiger partial charge in [0.15, 0.2) is 5.13 Å². The third-order valence-electron chi connectivity index (χ3n) is 4.61. The van der Waals surface area contributed by atoms with E-state index in [-0.39, 0.29) is 11.3 Å². The van der Waals surface area contributed by atoms with Crippen molar-refractivity contribution < 1.29 is 17.6 Å². The van der Waals surface area contributed by atoms with E-state index in [2.05, 4.69) is 34.1 Å². The molecule has 3 aromatic rings. The van der Waals surface area contributed by atoms with E-state index in [0.717, 1.165) is 36.2 Å². The highest BCUT2D eigenvalue weighted by Crippen LogP contribution is 2.27. The second kappa shape index (κ2) is 9.57. The number of amides is 1. The fourth-order valence-electron chi connectivity index (χ4n) is 2.83. The average molecular weight is 462 g/mol. The van der Waals surface area contributed by atoms with Crippen molar-refractivity contribution in [2.24, 2.45) is 0 Å². The lowest BCUT2D eigenvalue weighted by atomic mass is 10.1. The van der Waals surface area contributed by atoms with Crippen molar-refractivity contribution in [2.75, 3.05) is 10.0 Å². The molecule has 1 amide bonds. The van der Waals surface area contributed by atoms with Crippen molar-refractivity contribution >= 4 is 38.1 Å². The summed E-state index contributed by atoms with van der Waals surface area (Å²) in [5.74, 6) is -1.23. The number of halogens is 1. The van der Waals surface area contributed by atoms with Gasteiger partial charge in [-0.1, -0.05) is 37.6 Å². The fraction of sp³-hybridized carbons (Fsp3) is 0.273. The predicted molar refractivity (Wildman–Crippen MR) is 124 cm³/mol. The maximum atomic E-state index is 13.7. The Morgan fingerprint density at radius 3 is 2.52 bits per heavy atom. The third kappa shape index (κ3) is 5.68. The number of carbonyl (C=O) groups is 1. The Kier molecular flexibility index (Phi) is 7.07. The van der Waals surface area contributed by atoms with Crippen LogP contribution in [-0.4, -0.2) is 24.6 Å². The first-order valence-corrected chi connectivity index (χ1v) is 12.3. The Morgan fingerprint density at radius 1 is 1.16 bits per heavy atom. The van der Waals surface area contributed by atoms with Gasteiger partial charge < -0.3 is 0 Å². The van der Waals surface area contributed by atoms with E-state index in [9.17, 15) is 17.6 Å². The van der Waals surface area contributed by atoms with E-state index in [1.165, 1.54) is 36.8 Å². The molecule has 0 saturated carbocycles. The minimum absolute atomic E-state index is 0.00583. The molecule has 0 spiro atoms. The number of hydrogen-bond donors (Lipinski definition) is 2. The summed E-state index contributed by atoms with van der Waals surface area (Å²) in [7, 11) is -3.75. The van der Waals surface area contributed by atoms with Gasteiger partial charge in [0.05, 0.1) is 22.2 Å². The first-order chi connectivity index (χ1) is 14.7. The number of carbonyl (C=O) groups excluding carboxylic acids is 1. The molecule has 0 bridgehead atoms. The van der Waals surface area contributed by atoms with Crippen molar-refractivity contribution in [3.05, 3.63) is 64.8 Å². The molecule has 0 aliphatic heterocycles. The molecule has 164 valence electrons. The van der Waals surface area contributed by atoms with E-state index in [1.807, 2.05) is 17.5 Å². The lowest BCUT2D eigenvalue weighted by molar-refractivity contribution is 0.102. The van der Waals surface area contributed by atoms with Gasteiger partial charge in [0.1, 0.15) is 5.82 Å². The first kappa shape index (κ1) is 22.9. The second-order valence-electron chi connectivity index (χ2n) is 7.32. The number of nitrogens with one attached hydrogen (secondary N) is 2. The van der Waals surface area contributed by atoms with Gasteiger partial charge in [-0.15, -0.1) is 11.3 Å². The van der Waals surface area contributed by atoms with Crippen molar-refractivity contribution in [3.63, 3.8) is 0 Å². The normalized spacial score (nSPS) is 11.5. The Balaban J connectivity index is 1.80. The van der Waals surface area contributed by atoms with Crippen LogP contribution in [0.3, 0.4) is 0 Å². The van der Waals surface area contributed by atoms with Gasteiger partial charge in [-0.05, 0) is 44.0 Å². The van der Waals surface area contributed by atoms with E-state index < -0.39 is 27.0 Å². The summed E-state index contributed by atoms with van der Waals surface area (Å²) in [6.45, 7) is 5.12. The molecule has 0 aliphatic carbocycles. The second-order valence-corrected chi connectivity index (χ2v) is 10.4. The highest BCUT2D eigenvalue weighted by atomic mass is 32.2. The molecule has 6 nitrogen and oxygen atoms in total. The molecule has 0 saturated heterocycles. The van der Waals surface area contributed by atoms with Crippen LogP contribution in [0.2, 0.25) is 0 Å². The van der Waals surface area contributed by atoms with Gasteiger partial charge in [-0.25, -0.2) is 17.8 Å². The van der Waals surface area contributed by atoms with Crippen LogP contribution in [0.1, 0.15) is 43.1 Å². The highest BCUT2D eigenvalue weighted by Gasteiger charge is 2.21. The van der Waals surface area contributed by atoms with Gasteiger partial charge in [-0.3, -0.25) is 14.8 Å². The monoisotopic (exact) mass is 461 g/mol. The number of nitrogens with zero attached hydrogens (tertiary/aromatic N) is 1. The van der Waals surface area contributed by atoms with E-state index in [4.69, 9.17) is 0 Å². The molecule has 0 atom stereocenters. The lowest BCUT2D eigenvalue weighted by Crippen LogP contribution is -2.24. The van der Waals surface area contributed by atoms with Crippen LogP contribution in [0, 0.1) is 5.82 Å². The molecule has 0 unspecified atom stereocenters. The molecule has 0 radical (unpaired) electrons. The largest absolute Gasteiger partial charge is 0.298 e. The lowest BCUT2D eigenvalue weighted by Gasteiger charge is -2.14. The quantitative estimate of drug-likeness (QED) is 0.476. The zero-order valence-electron chi connectivity index (χ0n) is 17.5. The Morgan fingerprint density at radius 2 is 1.87 bits per heavy atom. The van der Waals surface area contributed by atoms with E-state index >= 15 is 0 Å². The molecule has 1 aromatic heterocycles. The van der Waals surface area contributed by atoms with Gasteiger partial charge in [0.2, 0.25) is 10.0 Å². The van der Waals surface area contributed by atoms with Gasteiger partial charge >= 0.3 is 0 Å². The van der Waals surface area contributed by atoms with E-state index in [0.29, 0.717) is 5.13 Å². The van der Waals surface area contributed by atoms with Gasteiger partial charge in [-0.2, -0.15) is 0 Å². The first-order valence-electron chi connectivity index (χ1n) is 9.87. The molecular weight excluding hydrogens is 437 g/mol. The molecule has 31 heavy (non-hydrogen) atoms. The summed E-state index contributed by atoms with van der Waals surface area (Å²) in [6, 6.07) is 11.4. The summed E-state index contributed by atoms with van der Waals surface area (Å²) in [4.78, 5) is 17.2. The Hall–Kier alpha value is -2.78. The number of anilines is 2. The maximum Gasteiger partial charge on any atom is 0.259 e. The summed E-state index contributed by atoms with van der Waals surface area (Å²) in [6.07, 6.45) is 2.09. The number of hydrogen-bond acceptors (Lipinski definition) is 5. The summed E-state index contributed by atoms with van der Waals surface area (Å²) >= 11 is 1.25. The zero-order chi connectivity index (χ0) is 22.6. The Bertz CT molecular complexity index is 1170. The predicted octanol–water partition coefficient (Wildman–Crippen LogP) is 5.30. The van der Waals surface area contributed by atoms with Crippen molar-refractivity contribution in [1.29, 1.82) is 0 Å². The smallest absolute Gasteiger partial charge is 0.259 e. The van der Waals surface area contributed by atoms with Crippen LogP contribution in [0.5, 0.6) is 0 Å². The number of sulfonamides is 1. The molecule has 2 N–H and O–H groups in total. The van der Waals surface area contributed by atoms with Crippen LogP contribution >= 0.6 is 11.3 Å². The van der Waals surface area contributed by atoms with Crippen LogP contribution in [-0.2, 0) is 16.4 Å². The molecule has 0 aliphatic rings. The van der Waals surface area contributed by atoms with Crippen LogP contribution in [0.4, 0.5) is 15.2 Å². The average Bonchev–Trinajstić information content (AvgIpc) is 3.17. The van der Waals surface area contributed by atoms with Gasteiger partial charge in [0, 0.05) is 10.9 Å². The van der Waals surface area contributed by atoms with Crippen LogP contribution < -0.4 is 10.0 Å². The minimum Gasteiger partial charge on any atom is -0.298 e. The molecule has 1 heterocycles. The minimum atomic E-state index is -3.75. The number of aromatic nitrogens is 1. The standard InChI is InChI=1S/C22H24FN3O3S2/c1-4-5-15-6-8-16(9-7-15)20-13-30-22(24-20)25-21(27)18-11-10-17(23)12-19(18)26-31(28,29)14(2)3/h6-14,26H,4-5H2,1-3H3,(H,24,25,27). The Labute approximate surface area is 185 Å². The zero-order valence-corrected chi connectivity index (χ0v) is 19.1. The highest BCUT2D eigenvalue weighted by molar-refractivity contribution is 7.93. The van der Waals surface area contributed by atoms with Gasteiger partial charge in [0.25, 0.3) is 5.91 Å². The summed E-state index contributed by atoms with van der Waals surface area (Å²) < 4.78 is 40.4. The molecule has 0 fully saturated rings. The van der Waals surface area contributed by atoms with Crippen LogP contribution in [0.15, 0.2) is 47.8 Å². The molecule has 3 rings (SSSR count). The number of benzene rings is 2. The topological polar surface area (TPSA) is 88.2 Å². The number of rotatable bonds is 8. The number of thiazole rings is 1. The van der Waals surface area contributed by atoms with Crippen LogP contribution in [0.25, 0.3) is 11.3 Å². The fourth-order valence-corrected chi connectivity index (χ4v) is 4.25. The van der Waals surface area contributed by atoms with Crippen molar-refractivity contribution in [2.45, 2.75) is 38.9 Å². The SMILES string of the molecule is CCCc1ccc(-c2csc(NC(=O)c3ccc(F)cc3NS(=O)(=O)C(C)C)n2)cc1. The molecule has 2 aromatic carbocycles. The summed E-state index contributed by atoms with van der Waals surface area (Å²) in [5, 5.41) is 4.12. The summed E-state index contributed by atoms with van der Waals surface area (Å²) in [5.41, 5.74) is 2.80. The third-order valence-corrected chi connectivity index (χ3v) is 7.12. The molecular formula is C22H24FN3O3S2. The van der Waals surface area contributed by atoms with Crippen molar-refractivity contribution in [1.82, 2.24) is 4.98 Å².